The summed E-state index contributed by atoms with van der Waals surface area (Å²) in [6.07, 6.45) is 2.72. The third-order valence-corrected chi connectivity index (χ3v) is 3.03. The summed E-state index contributed by atoms with van der Waals surface area (Å²) in [6, 6.07) is 0.770. The fourth-order valence-electron chi connectivity index (χ4n) is 2.07. The standard InChI is InChI=1S/C10H23N3/c1-3-13(8-6-11)9-10-5-4-7-12(10)2/h10H,3-9,11H2,1-2H3/t10-/m1/s1. The minimum absolute atomic E-state index is 0.770. The number of likely N-dealkylation sites (N-methyl/N-ethyl adjacent to an activating group) is 2. The van der Waals surface area contributed by atoms with Crippen molar-refractivity contribution in [2.24, 2.45) is 5.73 Å². The van der Waals surface area contributed by atoms with Crippen molar-refractivity contribution in [3.63, 3.8) is 0 Å². The molecule has 1 heterocycles. The normalized spacial score (nSPS) is 24.5. The molecule has 0 radical (unpaired) electrons. The summed E-state index contributed by atoms with van der Waals surface area (Å²) >= 11 is 0. The number of hydrogen-bond acceptors (Lipinski definition) is 3. The van der Waals surface area contributed by atoms with Crippen molar-refractivity contribution in [3.8, 4) is 0 Å². The van der Waals surface area contributed by atoms with Crippen molar-refractivity contribution in [2.45, 2.75) is 25.8 Å². The third kappa shape index (κ3) is 3.25. The van der Waals surface area contributed by atoms with Crippen LogP contribution in [0.25, 0.3) is 0 Å². The lowest BCUT2D eigenvalue weighted by Gasteiger charge is -2.27. The van der Waals surface area contributed by atoms with E-state index in [9.17, 15) is 0 Å². The Hall–Kier alpha value is -0.120. The Morgan fingerprint density at radius 1 is 1.54 bits per heavy atom. The molecular weight excluding hydrogens is 162 g/mol. The molecule has 0 saturated carbocycles. The van der Waals surface area contributed by atoms with Gasteiger partial charge in [-0.05, 0) is 33.0 Å². The van der Waals surface area contributed by atoms with Gasteiger partial charge in [0.25, 0.3) is 0 Å². The molecule has 78 valence electrons. The zero-order chi connectivity index (χ0) is 9.68. The molecule has 1 saturated heterocycles. The van der Waals surface area contributed by atoms with Crippen molar-refractivity contribution in [2.75, 3.05) is 39.8 Å². The van der Waals surface area contributed by atoms with Crippen molar-refractivity contribution >= 4 is 0 Å². The molecule has 0 aromatic heterocycles. The van der Waals surface area contributed by atoms with Crippen LogP contribution in [-0.2, 0) is 0 Å². The predicted octanol–water partition coefficient (Wildman–Crippen LogP) is 0.361. The maximum absolute atomic E-state index is 5.56. The molecule has 2 N–H and O–H groups in total. The summed E-state index contributed by atoms with van der Waals surface area (Å²) in [4.78, 5) is 4.92. The van der Waals surface area contributed by atoms with Crippen LogP contribution >= 0.6 is 0 Å². The summed E-state index contributed by atoms with van der Waals surface area (Å²) in [5.41, 5.74) is 5.56. The molecule has 0 bridgehead atoms. The molecule has 13 heavy (non-hydrogen) atoms. The summed E-state index contributed by atoms with van der Waals surface area (Å²) in [5, 5.41) is 0. The Morgan fingerprint density at radius 2 is 2.31 bits per heavy atom. The molecule has 0 aliphatic carbocycles. The summed E-state index contributed by atoms with van der Waals surface area (Å²) < 4.78 is 0. The molecule has 1 rings (SSSR count). The lowest BCUT2D eigenvalue weighted by molar-refractivity contribution is 0.203. The van der Waals surface area contributed by atoms with Gasteiger partial charge < -0.3 is 15.5 Å². The molecule has 0 spiro atoms. The largest absolute Gasteiger partial charge is 0.329 e. The maximum atomic E-state index is 5.56. The van der Waals surface area contributed by atoms with E-state index in [1.54, 1.807) is 0 Å². The second kappa shape index (κ2) is 5.58. The van der Waals surface area contributed by atoms with Crippen LogP contribution in [0.5, 0.6) is 0 Å². The lowest BCUT2D eigenvalue weighted by atomic mass is 10.2. The number of hydrogen-bond donors (Lipinski definition) is 1. The average molecular weight is 185 g/mol. The minimum atomic E-state index is 0.770. The highest BCUT2D eigenvalue weighted by Gasteiger charge is 2.22. The van der Waals surface area contributed by atoms with Gasteiger partial charge in [0.2, 0.25) is 0 Å². The molecule has 3 heteroatoms. The second-order valence-corrected chi connectivity index (χ2v) is 3.96. The van der Waals surface area contributed by atoms with Crippen LogP contribution in [0.4, 0.5) is 0 Å². The number of likely N-dealkylation sites (tertiary alicyclic amines) is 1. The van der Waals surface area contributed by atoms with Crippen LogP contribution in [0.1, 0.15) is 19.8 Å². The summed E-state index contributed by atoms with van der Waals surface area (Å²) in [7, 11) is 2.23. The van der Waals surface area contributed by atoms with Gasteiger partial charge in [0.1, 0.15) is 0 Å². The highest BCUT2D eigenvalue weighted by molar-refractivity contribution is 4.79. The van der Waals surface area contributed by atoms with E-state index >= 15 is 0 Å². The Balaban J connectivity index is 2.27. The molecular formula is C10H23N3. The van der Waals surface area contributed by atoms with Crippen LogP contribution in [0, 0.1) is 0 Å². The molecule has 0 amide bonds. The lowest BCUT2D eigenvalue weighted by Crippen LogP contribution is -2.40. The SMILES string of the molecule is CCN(CCN)C[C@H]1CCCN1C. The molecule has 1 aliphatic rings. The first-order valence-corrected chi connectivity index (χ1v) is 5.40. The third-order valence-electron chi connectivity index (χ3n) is 3.03. The monoisotopic (exact) mass is 185 g/mol. The van der Waals surface area contributed by atoms with Gasteiger partial charge in [-0.3, -0.25) is 0 Å². The van der Waals surface area contributed by atoms with E-state index in [0.29, 0.717) is 0 Å². The van der Waals surface area contributed by atoms with Crippen LogP contribution in [0.15, 0.2) is 0 Å². The Kier molecular flexibility index (Phi) is 4.70. The summed E-state index contributed by atoms with van der Waals surface area (Å²) in [6.45, 7) is 7.63. The first kappa shape index (κ1) is 11.0. The van der Waals surface area contributed by atoms with Gasteiger partial charge in [-0.15, -0.1) is 0 Å². The summed E-state index contributed by atoms with van der Waals surface area (Å²) in [5.74, 6) is 0. The maximum Gasteiger partial charge on any atom is 0.0220 e. The average Bonchev–Trinajstić information content (AvgIpc) is 2.51. The van der Waals surface area contributed by atoms with Gasteiger partial charge in [0, 0.05) is 25.7 Å². The molecule has 0 aromatic rings. The zero-order valence-corrected chi connectivity index (χ0v) is 9.00. The topological polar surface area (TPSA) is 32.5 Å². The quantitative estimate of drug-likeness (QED) is 0.671. The number of rotatable bonds is 5. The van der Waals surface area contributed by atoms with E-state index in [4.69, 9.17) is 5.73 Å². The molecule has 1 atom stereocenters. The first-order chi connectivity index (χ1) is 6.27. The second-order valence-electron chi connectivity index (χ2n) is 3.96. The van der Waals surface area contributed by atoms with E-state index in [-0.39, 0.29) is 0 Å². The van der Waals surface area contributed by atoms with Gasteiger partial charge in [-0.25, -0.2) is 0 Å². The molecule has 1 fully saturated rings. The molecule has 0 unspecified atom stereocenters. The highest BCUT2D eigenvalue weighted by Crippen LogP contribution is 2.15. The van der Waals surface area contributed by atoms with Crippen LogP contribution in [0.2, 0.25) is 0 Å². The fourth-order valence-corrected chi connectivity index (χ4v) is 2.07. The van der Waals surface area contributed by atoms with Gasteiger partial charge in [-0.1, -0.05) is 6.92 Å². The van der Waals surface area contributed by atoms with Crippen molar-refractivity contribution in [1.82, 2.24) is 9.80 Å². The van der Waals surface area contributed by atoms with Crippen LogP contribution in [-0.4, -0.2) is 55.6 Å². The van der Waals surface area contributed by atoms with E-state index in [1.807, 2.05) is 0 Å². The van der Waals surface area contributed by atoms with Gasteiger partial charge in [0.15, 0.2) is 0 Å². The minimum Gasteiger partial charge on any atom is -0.329 e. The van der Waals surface area contributed by atoms with E-state index in [2.05, 4.69) is 23.8 Å². The Bertz CT molecular complexity index is 138. The van der Waals surface area contributed by atoms with Crippen LogP contribution < -0.4 is 5.73 Å². The molecule has 3 nitrogen and oxygen atoms in total. The van der Waals surface area contributed by atoms with Gasteiger partial charge in [-0.2, -0.15) is 0 Å². The van der Waals surface area contributed by atoms with E-state index in [1.165, 1.54) is 25.9 Å². The fraction of sp³-hybridized carbons (Fsp3) is 1.00. The van der Waals surface area contributed by atoms with Crippen molar-refractivity contribution < 1.29 is 0 Å². The number of nitrogens with zero attached hydrogens (tertiary/aromatic N) is 2. The van der Waals surface area contributed by atoms with Crippen molar-refractivity contribution in [3.05, 3.63) is 0 Å². The van der Waals surface area contributed by atoms with Gasteiger partial charge in [0.05, 0.1) is 0 Å². The molecule has 0 aromatic carbocycles. The highest BCUT2D eigenvalue weighted by atomic mass is 15.2. The van der Waals surface area contributed by atoms with Gasteiger partial charge >= 0.3 is 0 Å². The van der Waals surface area contributed by atoms with Crippen LogP contribution in [0.3, 0.4) is 0 Å². The Morgan fingerprint density at radius 3 is 2.77 bits per heavy atom. The zero-order valence-electron chi connectivity index (χ0n) is 9.00. The molecule has 1 aliphatic heterocycles. The van der Waals surface area contributed by atoms with E-state index in [0.717, 1.165) is 25.7 Å². The Labute approximate surface area is 81.9 Å². The smallest absolute Gasteiger partial charge is 0.0220 e. The van der Waals surface area contributed by atoms with Crippen molar-refractivity contribution in [1.29, 1.82) is 0 Å². The number of nitrogens with two attached hydrogens (primary N) is 1. The van der Waals surface area contributed by atoms with E-state index < -0.39 is 0 Å². The predicted molar refractivity (Wildman–Crippen MR) is 56.8 cm³/mol. The first-order valence-electron chi connectivity index (χ1n) is 5.40.